The molecule has 2 amide bonds. The molecular weight excluding hydrogens is 512 g/mol. The third-order valence-corrected chi connectivity index (χ3v) is 7.39. The van der Waals surface area contributed by atoms with E-state index in [0.29, 0.717) is 38.7 Å². The number of benzene rings is 2. The minimum Gasteiger partial charge on any atom is -0.463 e. The van der Waals surface area contributed by atoms with Crippen LogP contribution in [0.4, 0.5) is 17.1 Å². The second kappa shape index (κ2) is 10.0. The third-order valence-electron chi connectivity index (χ3n) is 6.29. The van der Waals surface area contributed by atoms with Gasteiger partial charge in [-0.05, 0) is 68.3 Å². The van der Waals surface area contributed by atoms with E-state index in [1.807, 2.05) is 13.0 Å². The predicted octanol–water partition coefficient (Wildman–Crippen LogP) is 6.15. The summed E-state index contributed by atoms with van der Waals surface area (Å²) in [6.07, 6.45) is 3.12. The first kappa shape index (κ1) is 25.6. The Morgan fingerprint density at radius 3 is 2.64 bits per heavy atom. The molecule has 5 rings (SSSR count). The van der Waals surface area contributed by atoms with Crippen molar-refractivity contribution in [1.82, 2.24) is 9.97 Å². The minimum absolute atomic E-state index is 0.232. The smallest absolute Gasteiger partial charge is 0.268 e. The first-order valence-electron chi connectivity index (χ1n) is 12.0. The Morgan fingerprint density at radius 2 is 1.90 bits per heavy atom. The number of carbonyl (C=O) groups is 2. The summed E-state index contributed by atoms with van der Waals surface area (Å²) in [7, 11) is 0. The molecule has 0 aliphatic heterocycles. The van der Waals surface area contributed by atoms with Gasteiger partial charge in [-0.1, -0.05) is 18.2 Å². The van der Waals surface area contributed by atoms with Crippen LogP contribution < -0.4 is 16.4 Å². The van der Waals surface area contributed by atoms with Crippen LogP contribution in [-0.2, 0) is 5.41 Å². The van der Waals surface area contributed by atoms with Crippen molar-refractivity contribution in [2.45, 2.75) is 26.2 Å². The van der Waals surface area contributed by atoms with Gasteiger partial charge in [-0.15, -0.1) is 11.3 Å². The molecule has 3 aromatic heterocycles. The van der Waals surface area contributed by atoms with Crippen molar-refractivity contribution in [3.05, 3.63) is 88.6 Å². The fourth-order valence-corrected chi connectivity index (χ4v) is 4.83. The van der Waals surface area contributed by atoms with E-state index in [1.54, 1.807) is 74.8 Å². The number of nitrogens with two attached hydrogens (primary N) is 1. The summed E-state index contributed by atoms with van der Waals surface area (Å²) in [5.74, 6) is -0.184. The Kier molecular flexibility index (Phi) is 6.60. The van der Waals surface area contributed by atoms with E-state index in [0.717, 1.165) is 22.5 Å². The number of rotatable bonds is 6. The summed E-state index contributed by atoms with van der Waals surface area (Å²) < 4.78 is 5.39. The molecule has 0 saturated carbocycles. The SMILES string of the molecule is Cc1ccc(NC(=O)c2cccc(C(C)(C)C#N)c2)cc1NC(=O)c1sc2ncc(-c3ccco3)nc2c1N. The monoisotopic (exact) mass is 536 g/mol. The highest BCUT2D eigenvalue weighted by Crippen LogP contribution is 2.34. The molecule has 0 aliphatic carbocycles. The number of hydrogen-bond donors (Lipinski definition) is 3. The van der Waals surface area contributed by atoms with Gasteiger partial charge in [0.2, 0.25) is 0 Å². The van der Waals surface area contributed by atoms with Crippen LogP contribution in [0.1, 0.15) is 45.0 Å². The molecule has 0 spiro atoms. The van der Waals surface area contributed by atoms with E-state index in [2.05, 4.69) is 26.7 Å². The van der Waals surface area contributed by atoms with Crippen LogP contribution in [0.25, 0.3) is 21.8 Å². The summed E-state index contributed by atoms with van der Waals surface area (Å²) in [4.78, 5) is 35.9. The van der Waals surface area contributed by atoms with Crippen molar-refractivity contribution < 1.29 is 14.0 Å². The van der Waals surface area contributed by atoms with Crippen molar-refractivity contribution in [3.63, 3.8) is 0 Å². The van der Waals surface area contributed by atoms with E-state index in [9.17, 15) is 14.9 Å². The van der Waals surface area contributed by atoms with Gasteiger partial charge in [-0.3, -0.25) is 9.59 Å². The van der Waals surface area contributed by atoms with Gasteiger partial charge in [-0.2, -0.15) is 5.26 Å². The van der Waals surface area contributed by atoms with Crippen LogP contribution >= 0.6 is 11.3 Å². The molecule has 194 valence electrons. The quantitative estimate of drug-likeness (QED) is 0.236. The molecule has 0 unspecified atom stereocenters. The molecule has 0 fully saturated rings. The normalized spacial score (nSPS) is 11.2. The molecule has 10 heteroatoms. The summed E-state index contributed by atoms with van der Waals surface area (Å²) in [5, 5.41) is 15.2. The molecular formula is C29H24N6O3S. The predicted molar refractivity (Wildman–Crippen MR) is 152 cm³/mol. The van der Waals surface area contributed by atoms with Gasteiger partial charge in [0.1, 0.15) is 20.9 Å². The Hall–Kier alpha value is -5.01. The van der Waals surface area contributed by atoms with E-state index < -0.39 is 11.3 Å². The van der Waals surface area contributed by atoms with E-state index >= 15 is 0 Å². The molecule has 5 aromatic rings. The topological polar surface area (TPSA) is 147 Å². The largest absolute Gasteiger partial charge is 0.463 e. The molecule has 0 atom stereocenters. The van der Waals surface area contributed by atoms with Crippen molar-refractivity contribution in [3.8, 4) is 17.5 Å². The van der Waals surface area contributed by atoms with Crippen LogP contribution in [0, 0.1) is 18.3 Å². The van der Waals surface area contributed by atoms with Gasteiger partial charge in [0.05, 0.1) is 29.6 Å². The molecule has 4 N–H and O–H groups in total. The molecule has 0 radical (unpaired) electrons. The van der Waals surface area contributed by atoms with Crippen molar-refractivity contribution in [2.24, 2.45) is 0 Å². The van der Waals surface area contributed by atoms with Crippen LogP contribution in [0.15, 0.2) is 71.5 Å². The van der Waals surface area contributed by atoms with E-state index in [1.165, 1.54) is 0 Å². The highest BCUT2D eigenvalue weighted by atomic mass is 32.1. The maximum Gasteiger partial charge on any atom is 0.268 e. The Labute approximate surface area is 228 Å². The number of amides is 2. The lowest BCUT2D eigenvalue weighted by molar-refractivity contribution is 0.102. The number of nitrogen functional groups attached to an aromatic ring is 1. The molecule has 0 saturated heterocycles. The lowest BCUT2D eigenvalue weighted by atomic mass is 9.85. The summed E-state index contributed by atoms with van der Waals surface area (Å²) in [5.41, 5.74) is 9.75. The molecule has 3 heterocycles. The Morgan fingerprint density at radius 1 is 1.08 bits per heavy atom. The molecule has 9 nitrogen and oxygen atoms in total. The summed E-state index contributed by atoms with van der Waals surface area (Å²) in [6.45, 7) is 5.44. The second-order valence-corrected chi connectivity index (χ2v) is 10.5. The Balaban J connectivity index is 1.36. The number of hydrogen-bond acceptors (Lipinski definition) is 8. The molecule has 39 heavy (non-hydrogen) atoms. The molecule has 0 bridgehead atoms. The number of anilines is 3. The average molecular weight is 537 g/mol. The van der Waals surface area contributed by atoms with Crippen LogP contribution in [0.5, 0.6) is 0 Å². The number of furan rings is 1. The van der Waals surface area contributed by atoms with E-state index in [4.69, 9.17) is 10.2 Å². The van der Waals surface area contributed by atoms with Crippen LogP contribution in [0.3, 0.4) is 0 Å². The van der Waals surface area contributed by atoms with Gasteiger partial charge < -0.3 is 20.8 Å². The fraction of sp³-hybridized carbons (Fsp3) is 0.138. The van der Waals surface area contributed by atoms with Gasteiger partial charge in [0.15, 0.2) is 5.76 Å². The van der Waals surface area contributed by atoms with Crippen LogP contribution in [0.2, 0.25) is 0 Å². The zero-order chi connectivity index (χ0) is 27.7. The third kappa shape index (κ3) is 5.08. The summed E-state index contributed by atoms with van der Waals surface area (Å²) >= 11 is 1.15. The van der Waals surface area contributed by atoms with Crippen LogP contribution in [-0.4, -0.2) is 21.8 Å². The minimum atomic E-state index is -0.725. The van der Waals surface area contributed by atoms with Gasteiger partial charge in [0.25, 0.3) is 11.8 Å². The zero-order valence-corrected chi connectivity index (χ0v) is 22.2. The first-order valence-corrected chi connectivity index (χ1v) is 12.8. The number of thiophene rings is 1. The zero-order valence-electron chi connectivity index (χ0n) is 21.4. The van der Waals surface area contributed by atoms with Crippen molar-refractivity contribution >= 4 is 50.6 Å². The molecule has 2 aromatic carbocycles. The lowest BCUT2D eigenvalue weighted by Crippen LogP contribution is -2.17. The number of nitrogens with zero attached hydrogens (tertiary/aromatic N) is 3. The number of fused-ring (bicyclic) bond motifs is 1. The first-order chi connectivity index (χ1) is 18.7. The number of aromatic nitrogens is 2. The highest BCUT2D eigenvalue weighted by Gasteiger charge is 2.22. The maximum absolute atomic E-state index is 13.2. The van der Waals surface area contributed by atoms with Gasteiger partial charge in [0, 0.05) is 16.9 Å². The van der Waals surface area contributed by atoms with Gasteiger partial charge in [-0.25, -0.2) is 9.97 Å². The van der Waals surface area contributed by atoms with E-state index in [-0.39, 0.29) is 16.5 Å². The maximum atomic E-state index is 13.2. The molecule has 0 aliphatic rings. The fourth-order valence-electron chi connectivity index (χ4n) is 3.93. The van der Waals surface area contributed by atoms with Gasteiger partial charge >= 0.3 is 0 Å². The standard InChI is InChI=1S/C29H24N6O3S/c1-16-9-10-19(33-26(36)17-6-4-7-18(12-17)29(2,3)15-30)13-20(16)35-27(37)25-23(31)24-28(39-25)32-14-21(34-24)22-8-5-11-38-22/h4-14H,31H2,1-3H3,(H,33,36)(H,35,37). The van der Waals surface area contributed by atoms with Crippen molar-refractivity contribution in [1.29, 1.82) is 5.26 Å². The highest BCUT2D eigenvalue weighted by molar-refractivity contribution is 7.21. The number of nitriles is 1. The Bertz CT molecular complexity index is 1770. The summed E-state index contributed by atoms with van der Waals surface area (Å²) in [6, 6.07) is 18.0. The number of aryl methyl sites for hydroxylation is 1. The lowest BCUT2D eigenvalue weighted by Gasteiger charge is -2.17. The number of nitrogens with one attached hydrogen (secondary N) is 2. The van der Waals surface area contributed by atoms with Crippen molar-refractivity contribution in [2.75, 3.05) is 16.4 Å². The second-order valence-electron chi connectivity index (χ2n) is 9.49. The average Bonchev–Trinajstić information content (AvgIpc) is 3.59. The number of carbonyl (C=O) groups excluding carboxylic acids is 2.